The molecule has 1 atom stereocenters. The number of nitrogens with two attached hydrogens (primary N) is 1. The van der Waals surface area contributed by atoms with Crippen molar-refractivity contribution in [2.45, 2.75) is 25.8 Å². The van der Waals surface area contributed by atoms with Crippen LogP contribution in [0.15, 0.2) is 30.3 Å². The Hall–Kier alpha value is -1.88. The Morgan fingerprint density at radius 1 is 1.28 bits per heavy atom. The predicted octanol–water partition coefficient (Wildman–Crippen LogP) is 0.869. The van der Waals surface area contributed by atoms with Crippen molar-refractivity contribution in [2.75, 3.05) is 11.9 Å². The summed E-state index contributed by atoms with van der Waals surface area (Å²) in [5.74, 6) is -0.418. The van der Waals surface area contributed by atoms with E-state index < -0.39 is 0 Å². The summed E-state index contributed by atoms with van der Waals surface area (Å²) in [5.41, 5.74) is 5.80. The van der Waals surface area contributed by atoms with Crippen LogP contribution < -0.4 is 16.4 Å². The second kappa shape index (κ2) is 7.45. The summed E-state index contributed by atoms with van der Waals surface area (Å²) in [4.78, 5) is 22.3. The first kappa shape index (κ1) is 14.2. The van der Waals surface area contributed by atoms with Gasteiger partial charge in [0.2, 0.25) is 11.8 Å². The largest absolute Gasteiger partial charge is 0.370 e. The first-order chi connectivity index (χ1) is 8.59. The van der Waals surface area contributed by atoms with Crippen molar-refractivity contribution in [3.8, 4) is 0 Å². The summed E-state index contributed by atoms with van der Waals surface area (Å²) in [5, 5.41) is 5.84. The van der Waals surface area contributed by atoms with Gasteiger partial charge in [0.05, 0.1) is 6.04 Å². The van der Waals surface area contributed by atoms with E-state index in [1.54, 1.807) is 6.92 Å². The first-order valence-corrected chi connectivity index (χ1v) is 5.97. The molecule has 0 fully saturated rings. The zero-order valence-corrected chi connectivity index (χ0v) is 10.5. The van der Waals surface area contributed by atoms with Gasteiger partial charge in [-0.05, 0) is 32.0 Å². The van der Waals surface area contributed by atoms with E-state index in [1.807, 2.05) is 30.3 Å². The van der Waals surface area contributed by atoms with Crippen molar-refractivity contribution in [1.29, 1.82) is 0 Å². The highest BCUT2D eigenvalue weighted by molar-refractivity contribution is 5.94. The summed E-state index contributed by atoms with van der Waals surface area (Å²) in [6.45, 7) is 2.37. The Morgan fingerprint density at radius 2 is 1.94 bits per heavy atom. The molecule has 0 spiro atoms. The molecule has 5 nitrogen and oxygen atoms in total. The molecular weight excluding hydrogens is 230 g/mol. The Bertz CT molecular complexity index is 392. The van der Waals surface area contributed by atoms with Gasteiger partial charge in [-0.1, -0.05) is 18.2 Å². The maximum atomic E-state index is 11.8. The first-order valence-electron chi connectivity index (χ1n) is 5.97. The molecule has 0 radical (unpaired) electrons. The van der Waals surface area contributed by atoms with Crippen molar-refractivity contribution in [3.05, 3.63) is 30.3 Å². The van der Waals surface area contributed by atoms with Crippen molar-refractivity contribution >= 4 is 17.5 Å². The fourth-order valence-corrected chi connectivity index (χ4v) is 1.45. The second-order valence-corrected chi connectivity index (χ2v) is 4.10. The van der Waals surface area contributed by atoms with E-state index in [4.69, 9.17) is 5.73 Å². The number of hydrogen-bond donors (Lipinski definition) is 3. The molecule has 18 heavy (non-hydrogen) atoms. The Labute approximate surface area is 107 Å². The van der Waals surface area contributed by atoms with Crippen LogP contribution in [0.2, 0.25) is 0 Å². The van der Waals surface area contributed by atoms with Crippen LogP contribution in [-0.2, 0) is 9.59 Å². The topological polar surface area (TPSA) is 84.2 Å². The van der Waals surface area contributed by atoms with E-state index in [9.17, 15) is 9.59 Å². The molecule has 0 heterocycles. The number of carbonyl (C=O) groups is 2. The quantitative estimate of drug-likeness (QED) is 0.627. The normalized spacial score (nSPS) is 11.8. The molecule has 1 aromatic rings. The average Bonchev–Trinajstić information content (AvgIpc) is 2.35. The molecule has 1 aromatic carbocycles. The van der Waals surface area contributed by atoms with E-state index in [0.29, 0.717) is 19.4 Å². The molecule has 5 heteroatoms. The standard InChI is InChI=1S/C13H19N3O2/c1-10(15-9-5-8-12(14)17)13(18)16-11-6-3-2-4-7-11/h2-4,6-7,10,15H,5,8-9H2,1H3,(H2,14,17)(H,16,18). The number of amides is 2. The third kappa shape index (κ3) is 5.45. The van der Waals surface area contributed by atoms with Crippen LogP contribution >= 0.6 is 0 Å². The van der Waals surface area contributed by atoms with Gasteiger partial charge in [-0.15, -0.1) is 0 Å². The number of rotatable bonds is 7. The molecule has 0 aromatic heterocycles. The molecule has 0 aliphatic rings. The monoisotopic (exact) mass is 249 g/mol. The van der Waals surface area contributed by atoms with Gasteiger partial charge < -0.3 is 16.4 Å². The number of nitrogens with one attached hydrogen (secondary N) is 2. The number of primary amides is 1. The highest BCUT2D eigenvalue weighted by atomic mass is 16.2. The molecule has 1 unspecified atom stereocenters. The Morgan fingerprint density at radius 3 is 2.56 bits per heavy atom. The van der Waals surface area contributed by atoms with Crippen LogP contribution in [0, 0.1) is 0 Å². The number of para-hydroxylation sites is 1. The van der Waals surface area contributed by atoms with Crippen molar-refractivity contribution in [2.24, 2.45) is 5.73 Å². The minimum absolute atomic E-state index is 0.0970. The molecule has 0 bridgehead atoms. The van der Waals surface area contributed by atoms with Gasteiger partial charge in [0.15, 0.2) is 0 Å². The fourth-order valence-electron chi connectivity index (χ4n) is 1.45. The molecule has 0 saturated heterocycles. The predicted molar refractivity (Wildman–Crippen MR) is 71.0 cm³/mol. The van der Waals surface area contributed by atoms with E-state index in [2.05, 4.69) is 10.6 Å². The molecule has 0 aliphatic carbocycles. The maximum absolute atomic E-state index is 11.8. The lowest BCUT2D eigenvalue weighted by Crippen LogP contribution is -2.38. The highest BCUT2D eigenvalue weighted by Crippen LogP contribution is 2.05. The highest BCUT2D eigenvalue weighted by Gasteiger charge is 2.11. The third-order valence-corrected chi connectivity index (χ3v) is 2.49. The minimum atomic E-state index is -0.321. The molecule has 0 saturated carbocycles. The van der Waals surface area contributed by atoms with Gasteiger partial charge in [-0.3, -0.25) is 9.59 Å². The van der Waals surface area contributed by atoms with Crippen LogP contribution in [0.5, 0.6) is 0 Å². The lowest BCUT2D eigenvalue weighted by atomic mass is 10.2. The van der Waals surface area contributed by atoms with Gasteiger partial charge in [0.1, 0.15) is 0 Å². The van der Waals surface area contributed by atoms with E-state index >= 15 is 0 Å². The maximum Gasteiger partial charge on any atom is 0.241 e. The van der Waals surface area contributed by atoms with Gasteiger partial charge in [0.25, 0.3) is 0 Å². The van der Waals surface area contributed by atoms with Gasteiger partial charge in [-0.25, -0.2) is 0 Å². The van der Waals surface area contributed by atoms with Crippen LogP contribution in [-0.4, -0.2) is 24.4 Å². The van der Waals surface area contributed by atoms with E-state index in [0.717, 1.165) is 5.69 Å². The molecule has 2 amide bonds. The molecular formula is C13H19N3O2. The van der Waals surface area contributed by atoms with E-state index in [1.165, 1.54) is 0 Å². The number of hydrogen-bond acceptors (Lipinski definition) is 3. The smallest absolute Gasteiger partial charge is 0.241 e. The van der Waals surface area contributed by atoms with Gasteiger partial charge in [0, 0.05) is 12.1 Å². The number of carbonyl (C=O) groups excluding carboxylic acids is 2. The average molecular weight is 249 g/mol. The van der Waals surface area contributed by atoms with Gasteiger partial charge in [-0.2, -0.15) is 0 Å². The second-order valence-electron chi connectivity index (χ2n) is 4.10. The Balaban J connectivity index is 2.27. The molecule has 4 N–H and O–H groups in total. The summed E-state index contributed by atoms with van der Waals surface area (Å²) < 4.78 is 0. The fraction of sp³-hybridized carbons (Fsp3) is 0.385. The molecule has 98 valence electrons. The third-order valence-electron chi connectivity index (χ3n) is 2.49. The summed E-state index contributed by atoms with van der Waals surface area (Å²) in [7, 11) is 0. The van der Waals surface area contributed by atoms with Crippen molar-refractivity contribution < 1.29 is 9.59 Å². The summed E-state index contributed by atoms with van der Waals surface area (Å²) in [6.07, 6.45) is 0.971. The van der Waals surface area contributed by atoms with Crippen LogP contribution in [0.4, 0.5) is 5.69 Å². The lowest BCUT2D eigenvalue weighted by molar-refractivity contribution is -0.118. The number of benzene rings is 1. The SMILES string of the molecule is CC(NCCCC(N)=O)C(=O)Nc1ccccc1. The van der Waals surface area contributed by atoms with Gasteiger partial charge >= 0.3 is 0 Å². The zero-order valence-electron chi connectivity index (χ0n) is 10.5. The zero-order chi connectivity index (χ0) is 13.4. The van der Waals surface area contributed by atoms with Crippen LogP contribution in [0.25, 0.3) is 0 Å². The summed E-state index contributed by atoms with van der Waals surface area (Å²) in [6, 6.07) is 8.97. The summed E-state index contributed by atoms with van der Waals surface area (Å²) >= 11 is 0. The van der Waals surface area contributed by atoms with Crippen molar-refractivity contribution in [1.82, 2.24) is 5.32 Å². The minimum Gasteiger partial charge on any atom is -0.370 e. The van der Waals surface area contributed by atoms with Crippen LogP contribution in [0.3, 0.4) is 0 Å². The molecule has 0 aliphatic heterocycles. The lowest BCUT2D eigenvalue weighted by Gasteiger charge is -2.13. The number of anilines is 1. The molecule has 1 rings (SSSR count). The van der Waals surface area contributed by atoms with E-state index in [-0.39, 0.29) is 17.9 Å². The van der Waals surface area contributed by atoms with Crippen molar-refractivity contribution in [3.63, 3.8) is 0 Å². The Kier molecular flexibility index (Phi) is 5.87. The van der Waals surface area contributed by atoms with Crippen LogP contribution in [0.1, 0.15) is 19.8 Å².